The van der Waals surface area contributed by atoms with Crippen LogP contribution in [0.3, 0.4) is 0 Å². The Morgan fingerprint density at radius 3 is 3.10 bits per heavy atom. The lowest BCUT2D eigenvalue weighted by Gasteiger charge is -2.30. The Morgan fingerprint density at radius 1 is 1.35 bits per heavy atom. The lowest BCUT2D eigenvalue weighted by atomic mass is 9.88. The number of hydrogen-bond donors (Lipinski definition) is 0. The average molecular weight is 275 g/mol. The summed E-state index contributed by atoms with van der Waals surface area (Å²) in [5.41, 5.74) is 0. The van der Waals surface area contributed by atoms with Gasteiger partial charge in [0, 0.05) is 44.4 Å². The molecule has 0 amide bonds. The maximum absolute atomic E-state index is 5.97. The van der Waals surface area contributed by atoms with Gasteiger partial charge in [-0.2, -0.15) is 0 Å². The van der Waals surface area contributed by atoms with Crippen LogP contribution in [0.5, 0.6) is 0 Å². The van der Waals surface area contributed by atoms with Crippen LogP contribution >= 0.6 is 0 Å². The maximum atomic E-state index is 5.97. The highest BCUT2D eigenvalue weighted by Gasteiger charge is 2.40. The summed E-state index contributed by atoms with van der Waals surface area (Å²) in [5.74, 6) is 2.83. The van der Waals surface area contributed by atoms with Gasteiger partial charge in [-0.25, -0.2) is 4.98 Å². The van der Waals surface area contributed by atoms with Gasteiger partial charge in [0.2, 0.25) is 0 Å². The van der Waals surface area contributed by atoms with E-state index in [1.165, 1.54) is 44.6 Å². The van der Waals surface area contributed by atoms with E-state index in [0.717, 1.165) is 24.8 Å². The number of imidazole rings is 1. The molecule has 20 heavy (non-hydrogen) atoms. The molecule has 0 aliphatic carbocycles. The molecule has 4 heteroatoms. The summed E-state index contributed by atoms with van der Waals surface area (Å²) in [4.78, 5) is 6.96. The second kappa shape index (κ2) is 5.15. The molecule has 110 valence electrons. The van der Waals surface area contributed by atoms with Crippen molar-refractivity contribution in [3.05, 3.63) is 18.2 Å². The standard InChI is InChI=1S/C16H25N3O/c1-18(11-13-8-14-3-4-15(13)20-14)9-12-2-5-16-17-6-7-19(16)10-12/h6-7,12-15H,2-5,8-11H2,1H3. The van der Waals surface area contributed by atoms with Gasteiger partial charge in [0.15, 0.2) is 0 Å². The van der Waals surface area contributed by atoms with E-state index in [4.69, 9.17) is 4.74 Å². The smallest absolute Gasteiger partial charge is 0.108 e. The van der Waals surface area contributed by atoms with Crippen LogP contribution in [0.25, 0.3) is 0 Å². The maximum Gasteiger partial charge on any atom is 0.108 e. The first kappa shape index (κ1) is 12.8. The topological polar surface area (TPSA) is 30.3 Å². The molecule has 4 rings (SSSR count). The summed E-state index contributed by atoms with van der Waals surface area (Å²) < 4.78 is 8.31. The fourth-order valence-electron chi connectivity index (χ4n) is 4.44. The van der Waals surface area contributed by atoms with Crippen LogP contribution in [0.2, 0.25) is 0 Å². The second-order valence-electron chi connectivity index (χ2n) is 6.99. The van der Waals surface area contributed by atoms with Crippen LogP contribution in [0.15, 0.2) is 12.4 Å². The van der Waals surface area contributed by atoms with Crippen LogP contribution in [0.4, 0.5) is 0 Å². The Bertz CT molecular complexity index is 472. The number of hydrogen-bond acceptors (Lipinski definition) is 3. The van der Waals surface area contributed by atoms with Gasteiger partial charge in [-0.15, -0.1) is 0 Å². The first-order valence-electron chi connectivity index (χ1n) is 8.12. The average Bonchev–Trinajstić information content (AvgIpc) is 3.13. The quantitative estimate of drug-likeness (QED) is 0.841. The minimum absolute atomic E-state index is 0.564. The Morgan fingerprint density at radius 2 is 2.30 bits per heavy atom. The van der Waals surface area contributed by atoms with Crippen LogP contribution < -0.4 is 0 Å². The van der Waals surface area contributed by atoms with Crippen molar-refractivity contribution in [2.45, 2.75) is 50.9 Å². The molecule has 2 saturated heterocycles. The number of rotatable bonds is 4. The van der Waals surface area contributed by atoms with Crippen molar-refractivity contribution in [2.75, 3.05) is 20.1 Å². The zero-order valence-electron chi connectivity index (χ0n) is 12.4. The predicted molar refractivity (Wildman–Crippen MR) is 77.5 cm³/mol. The van der Waals surface area contributed by atoms with Crippen molar-refractivity contribution in [3.63, 3.8) is 0 Å². The highest BCUT2D eigenvalue weighted by Crippen LogP contribution is 2.39. The number of fused-ring (bicyclic) bond motifs is 3. The molecule has 1 aromatic rings. The van der Waals surface area contributed by atoms with E-state index in [9.17, 15) is 0 Å². The Labute approximate surface area is 121 Å². The first-order chi connectivity index (χ1) is 9.78. The molecular formula is C16H25N3O. The van der Waals surface area contributed by atoms with E-state index in [2.05, 4.69) is 27.7 Å². The van der Waals surface area contributed by atoms with Crippen molar-refractivity contribution >= 4 is 0 Å². The number of ether oxygens (including phenoxy) is 1. The summed E-state index contributed by atoms with van der Waals surface area (Å²) in [6, 6.07) is 0. The SMILES string of the molecule is CN(CC1CCc2nccn2C1)CC1CC2CCC1O2. The van der Waals surface area contributed by atoms with E-state index in [1.54, 1.807) is 0 Å². The third-order valence-electron chi connectivity index (χ3n) is 5.38. The molecule has 0 saturated carbocycles. The largest absolute Gasteiger partial charge is 0.375 e. The van der Waals surface area contributed by atoms with Crippen LogP contribution in [0, 0.1) is 11.8 Å². The first-order valence-corrected chi connectivity index (χ1v) is 8.12. The molecule has 0 N–H and O–H groups in total. The molecule has 4 unspecified atom stereocenters. The molecule has 4 atom stereocenters. The van der Waals surface area contributed by atoms with Gasteiger partial charge in [-0.05, 0) is 38.6 Å². The van der Waals surface area contributed by atoms with Crippen molar-refractivity contribution in [1.82, 2.24) is 14.5 Å². The highest BCUT2D eigenvalue weighted by molar-refractivity contribution is 4.97. The minimum atomic E-state index is 0.564. The Balaban J connectivity index is 1.29. The zero-order chi connectivity index (χ0) is 13.5. The third-order valence-corrected chi connectivity index (χ3v) is 5.38. The summed E-state index contributed by atoms with van der Waals surface area (Å²) in [6.45, 7) is 3.58. The lowest BCUT2D eigenvalue weighted by molar-refractivity contribution is 0.0841. The third kappa shape index (κ3) is 2.40. The molecule has 1 aromatic heterocycles. The van der Waals surface area contributed by atoms with Crippen molar-refractivity contribution in [2.24, 2.45) is 11.8 Å². The molecule has 0 spiro atoms. The molecule has 3 aliphatic rings. The molecule has 4 heterocycles. The molecule has 0 radical (unpaired) electrons. The van der Waals surface area contributed by atoms with Gasteiger partial charge in [-0.3, -0.25) is 0 Å². The van der Waals surface area contributed by atoms with Crippen LogP contribution in [-0.4, -0.2) is 46.8 Å². The molecule has 4 nitrogen and oxygen atoms in total. The van der Waals surface area contributed by atoms with Gasteiger partial charge in [0.05, 0.1) is 12.2 Å². The molecule has 3 aliphatic heterocycles. The summed E-state index contributed by atoms with van der Waals surface area (Å²) in [5, 5.41) is 0. The molecule has 2 bridgehead atoms. The number of nitrogens with zero attached hydrogens (tertiary/aromatic N) is 3. The van der Waals surface area contributed by atoms with Crippen molar-refractivity contribution in [3.8, 4) is 0 Å². The van der Waals surface area contributed by atoms with Gasteiger partial charge >= 0.3 is 0 Å². The van der Waals surface area contributed by atoms with Gasteiger partial charge in [-0.1, -0.05) is 0 Å². The van der Waals surface area contributed by atoms with E-state index in [-0.39, 0.29) is 0 Å². The predicted octanol–water partition coefficient (Wildman–Crippen LogP) is 1.94. The summed E-state index contributed by atoms with van der Waals surface area (Å²) >= 11 is 0. The second-order valence-corrected chi connectivity index (χ2v) is 6.99. The van der Waals surface area contributed by atoms with Crippen LogP contribution in [-0.2, 0) is 17.7 Å². The Hall–Kier alpha value is -0.870. The minimum Gasteiger partial charge on any atom is -0.375 e. The van der Waals surface area contributed by atoms with Crippen molar-refractivity contribution in [1.29, 1.82) is 0 Å². The molecule has 2 fully saturated rings. The Kier molecular flexibility index (Phi) is 3.31. The lowest BCUT2D eigenvalue weighted by Crippen LogP contribution is -2.36. The molecular weight excluding hydrogens is 250 g/mol. The summed E-state index contributed by atoms with van der Waals surface area (Å²) in [7, 11) is 2.29. The number of aryl methyl sites for hydroxylation is 1. The van der Waals surface area contributed by atoms with Crippen LogP contribution in [0.1, 0.15) is 31.5 Å². The fourth-order valence-corrected chi connectivity index (χ4v) is 4.44. The summed E-state index contributed by atoms with van der Waals surface area (Å²) in [6.07, 6.45) is 11.5. The van der Waals surface area contributed by atoms with Gasteiger partial charge in [0.25, 0.3) is 0 Å². The van der Waals surface area contributed by atoms with E-state index in [1.807, 2.05) is 6.20 Å². The molecule has 0 aromatic carbocycles. The van der Waals surface area contributed by atoms with E-state index in [0.29, 0.717) is 12.2 Å². The van der Waals surface area contributed by atoms with Gasteiger partial charge < -0.3 is 14.2 Å². The van der Waals surface area contributed by atoms with Gasteiger partial charge in [0.1, 0.15) is 5.82 Å². The van der Waals surface area contributed by atoms with E-state index < -0.39 is 0 Å². The zero-order valence-corrected chi connectivity index (χ0v) is 12.4. The van der Waals surface area contributed by atoms with E-state index >= 15 is 0 Å². The fraction of sp³-hybridized carbons (Fsp3) is 0.812. The normalized spacial score (nSPS) is 35.7. The number of aromatic nitrogens is 2. The monoisotopic (exact) mass is 275 g/mol. The highest BCUT2D eigenvalue weighted by atomic mass is 16.5. The van der Waals surface area contributed by atoms with Crippen molar-refractivity contribution < 1.29 is 4.74 Å².